The number of hydrogen-bond donors (Lipinski definition) is 1. The number of hydrogen-bond acceptors (Lipinski definition) is 2. The summed E-state index contributed by atoms with van der Waals surface area (Å²) in [5, 5.41) is 3.04. The third kappa shape index (κ3) is 2.44. The van der Waals surface area contributed by atoms with Crippen LogP contribution in [0.4, 0.5) is 4.39 Å². The zero-order chi connectivity index (χ0) is 14.2. The lowest BCUT2D eigenvalue weighted by atomic mass is 9.94. The van der Waals surface area contributed by atoms with E-state index in [4.69, 9.17) is 0 Å². The predicted molar refractivity (Wildman–Crippen MR) is 75.9 cm³/mol. The third-order valence-corrected chi connectivity index (χ3v) is 4.61. The Bertz CT molecular complexity index is 513. The molecular weight excluding hydrogens is 255 g/mol. The van der Waals surface area contributed by atoms with Crippen molar-refractivity contribution in [3.8, 4) is 0 Å². The van der Waals surface area contributed by atoms with Gasteiger partial charge in [0.1, 0.15) is 5.82 Å². The van der Waals surface area contributed by atoms with Gasteiger partial charge in [0.2, 0.25) is 5.91 Å². The van der Waals surface area contributed by atoms with E-state index in [1.807, 2.05) is 0 Å². The van der Waals surface area contributed by atoms with Gasteiger partial charge in [-0.3, -0.25) is 4.79 Å². The fourth-order valence-corrected chi connectivity index (χ4v) is 3.19. The molecule has 1 amide bonds. The molecule has 0 bridgehead atoms. The first-order valence-electron chi connectivity index (χ1n) is 7.34. The summed E-state index contributed by atoms with van der Waals surface area (Å²) in [7, 11) is 2.10. The molecule has 0 aromatic heterocycles. The summed E-state index contributed by atoms with van der Waals surface area (Å²) in [6.07, 6.45) is 2.64. The van der Waals surface area contributed by atoms with Crippen LogP contribution in [0, 0.1) is 11.7 Å². The van der Waals surface area contributed by atoms with Crippen molar-refractivity contribution < 1.29 is 9.18 Å². The van der Waals surface area contributed by atoms with Gasteiger partial charge in [0, 0.05) is 18.7 Å². The molecule has 0 spiro atoms. The van der Waals surface area contributed by atoms with Crippen LogP contribution in [0.15, 0.2) is 24.3 Å². The van der Waals surface area contributed by atoms with Crippen molar-refractivity contribution in [2.24, 2.45) is 5.92 Å². The van der Waals surface area contributed by atoms with Crippen molar-refractivity contribution in [1.29, 1.82) is 0 Å². The lowest BCUT2D eigenvalue weighted by molar-refractivity contribution is -0.123. The Balaban J connectivity index is 1.64. The lowest BCUT2D eigenvalue weighted by Gasteiger charge is -2.18. The summed E-state index contributed by atoms with van der Waals surface area (Å²) < 4.78 is 13.9. The second-order valence-electron chi connectivity index (χ2n) is 6.19. The first-order valence-corrected chi connectivity index (χ1v) is 7.34. The molecule has 108 valence electrons. The van der Waals surface area contributed by atoms with E-state index in [2.05, 4.69) is 17.3 Å². The summed E-state index contributed by atoms with van der Waals surface area (Å²) in [4.78, 5) is 14.7. The molecule has 1 aliphatic heterocycles. The smallest absolute Gasteiger partial charge is 0.230 e. The van der Waals surface area contributed by atoms with E-state index in [-0.39, 0.29) is 11.7 Å². The SMILES string of the molecule is CN1CCC(CNC(=O)C2(c3ccccc3F)CC2)C1. The van der Waals surface area contributed by atoms with E-state index >= 15 is 0 Å². The van der Waals surface area contributed by atoms with Crippen molar-refractivity contribution in [2.75, 3.05) is 26.7 Å². The quantitative estimate of drug-likeness (QED) is 0.911. The highest BCUT2D eigenvalue weighted by atomic mass is 19.1. The normalized spacial score (nSPS) is 24.6. The minimum Gasteiger partial charge on any atom is -0.355 e. The van der Waals surface area contributed by atoms with E-state index < -0.39 is 5.41 Å². The zero-order valence-corrected chi connectivity index (χ0v) is 11.9. The Morgan fingerprint density at radius 2 is 2.20 bits per heavy atom. The summed E-state index contributed by atoms with van der Waals surface area (Å²) in [5.74, 6) is 0.262. The van der Waals surface area contributed by atoms with Crippen molar-refractivity contribution in [1.82, 2.24) is 10.2 Å². The van der Waals surface area contributed by atoms with Gasteiger partial charge in [0.05, 0.1) is 5.41 Å². The topological polar surface area (TPSA) is 32.3 Å². The van der Waals surface area contributed by atoms with Gasteiger partial charge >= 0.3 is 0 Å². The van der Waals surface area contributed by atoms with E-state index in [9.17, 15) is 9.18 Å². The van der Waals surface area contributed by atoms with Crippen LogP contribution in [0.5, 0.6) is 0 Å². The number of carbonyl (C=O) groups is 1. The predicted octanol–water partition coefficient (Wildman–Crippen LogP) is 1.93. The largest absolute Gasteiger partial charge is 0.355 e. The van der Waals surface area contributed by atoms with Gasteiger partial charge in [-0.1, -0.05) is 18.2 Å². The molecule has 3 rings (SSSR count). The average molecular weight is 276 g/mol. The van der Waals surface area contributed by atoms with E-state index in [0.29, 0.717) is 18.0 Å². The van der Waals surface area contributed by atoms with Crippen molar-refractivity contribution in [2.45, 2.75) is 24.7 Å². The van der Waals surface area contributed by atoms with E-state index in [1.54, 1.807) is 18.2 Å². The fraction of sp³-hybridized carbons (Fsp3) is 0.562. The Morgan fingerprint density at radius 1 is 1.45 bits per heavy atom. The first kappa shape index (κ1) is 13.6. The second-order valence-corrected chi connectivity index (χ2v) is 6.19. The van der Waals surface area contributed by atoms with Gasteiger partial charge in [-0.2, -0.15) is 0 Å². The number of halogens is 1. The number of rotatable bonds is 4. The highest BCUT2D eigenvalue weighted by molar-refractivity contribution is 5.91. The van der Waals surface area contributed by atoms with Gasteiger partial charge in [-0.05, 0) is 44.8 Å². The molecule has 1 atom stereocenters. The molecule has 1 aromatic carbocycles. The minimum atomic E-state index is -0.601. The molecule has 3 nitrogen and oxygen atoms in total. The summed E-state index contributed by atoms with van der Waals surface area (Å²) in [5.41, 5.74) is -0.0448. The van der Waals surface area contributed by atoms with Crippen LogP contribution in [-0.2, 0) is 10.2 Å². The average Bonchev–Trinajstić information content (AvgIpc) is 3.14. The number of likely N-dealkylation sites (tertiary alicyclic amines) is 1. The molecule has 1 N–H and O–H groups in total. The molecule has 1 saturated carbocycles. The third-order valence-electron chi connectivity index (χ3n) is 4.61. The molecule has 1 aromatic rings. The molecule has 1 saturated heterocycles. The lowest BCUT2D eigenvalue weighted by Crippen LogP contribution is -2.38. The molecular formula is C16H21FN2O. The molecule has 1 heterocycles. The second kappa shape index (κ2) is 5.17. The molecule has 2 aliphatic rings. The number of benzene rings is 1. The van der Waals surface area contributed by atoms with Gasteiger partial charge in [0.15, 0.2) is 0 Å². The molecule has 4 heteroatoms. The first-order chi connectivity index (χ1) is 9.62. The molecule has 1 unspecified atom stereocenters. The number of nitrogens with one attached hydrogen (secondary N) is 1. The van der Waals surface area contributed by atoms with Gasteiger partial charge < -0.3 is 10.2 Å². The van der Waals surface area contributed by atoms with Crippen molar-refractivity contribution in [3.05, 3.63) is 35.6 Å². The summed E-state index contributed by atoms with van der Waals surface area (Å²) >= 11 is 0. The highest BCUT2D eigenvalue weighted by Gasteiger charge is 2.52. The van der Waals surface area contributed by atoms with Crippen LogP contribution in [0.1, 0.15) is 24.8 Å². The van der Waals surface area contributed by atoms with Crippen LogP contribution < -0.4 is 5.32 Å². The maximum Gasteiger partial charge on any atom is 0.230 e. The van der Waals surface area contributed by atoms with Gasteiger partial charge in [-0.15, -0.1) is 0 Å². The molecule has 20 heavy (non-hydrogen) atoms. The van der Waals surface area contributed by atoms with Gasteiger partial charge in [0.25, 0.3) is 0 Å². The Morgan fingerprint density at radius 3 is 2.80 bits per heavy atom. The summed E-state index contributed by atoms with van der Waals surface area (Å²) in [6, 6.07) is 6.65. The molecule has 2 fully saturated rings. The monoisotopic (exact) mass is 276 g/mol. The standard InChI is InChI=1S/C16H21FN2O/c1-19-9-6-12(11-19)10-18-15(20)16(7-8-16)13-4-2-3-5-14(13)17/h2-5,12H,6-11H2,1H3,(H,18,20). The van der Waals surface area contributed by atoms with Gasteiger partial charge in [-0.25, -0.2) is 4.39 Å². The maximum absolute atomic E-state index is 13.9. The van der Waals surface area contributed by atoms with Crippen LogP contribution in [-0.4, -0.2) is 37.5 Å². The van der Waals surface area contributed by atoms with Crippen LogP contribution in [0.2, 0.25) is 0 Å². The van der Waals surface area contributed by atoms with E-state index in [0.717, 1.165) is 32.4 Å². The zero-order valence-electron chi connectivity index (χ0n) is 11.9. The van der Waals surface area contributed by atoms with Crippen LogP contribution in [0.3, 0.4) is 0 Å². The van der Waals surface area contributed by atoms with Crippen LogP contribution in [0.25, 0.3) is 0 Å². The van der Waals surface area contributed by atoms with Crippen LogP contribution >= 0.6 is 0 Å². The molecule has 1 aliphatic carbocycles. The maximum atomic E-state index is 13.9. The Kier molecular flexibility index (Phi) is 3.50. The highest BCUT2D eigenvalue weighted by Crippen LogP contribution is 2.49. The minimum absolute atomic E-state index is 0.00264. The fourth-order valence-electron chi connectivity index (χ4n) is 3.19. The molecule has 0 radical (unpaired) electrons. The summed E-state index contributed by atoms with van der Waals surface area (Å²) in [6.45, 7) is 2.84. The number of carbonyl (C=O) groups excluding carboxylic acids is 1. The van der Waals surface area contributed by atoms with Crippen molar-refractivity contribution >= 4 is 5.91 Å². The van der Waals surface area contributed by atoms with Crippen molar-refractivity contribution in [3.63, 3.8) is 0 Å². The number of amides is 1. The Labute approximate surface area is 119 Å². The Hall–Kier alpha value is -1.42. The number of nitrogens with zero attached hydrogens (tertiary/aromatic N) is 1. The van der Waals surface area contributed by atoms with E-state index in [1.165, 1.54) is 6.07 Å².